The van der Waals surface area contributed by atoms with Crippen molar-refractivity contribution < 1.29 is 94.9 Å². The molecule has 16 rings (SSSR count). The molecule has 0 radical (unpaired) electrons. The summed E-state index contributed by atoms with van der Waals surface area (Å²) >= 11 is 14.2. The van der Waals surface area contributed by atoms with Crippen LogP contribution in [0.15, 0.2) is 83.1 Å². The van der Waals surface area contributed by atoms with Crippen LogP contribution in [0.4, 0.5) is 21.6 Å². The maximum atomic E-state index is 14.9. The number of amides is 6. The number of carbonyl (C=O) groups excluding carboxylic acids is 7. The number of oxazole rings is 2. The van der Waals surface area contributed by atoms with Gasteiger partial charge in [0, 0.05) is 98.9 Å². The molecular weight excluding hydrogens is 1680 g/mol. The Bertz CT molecular complexity index is 5100. The molecule has 36 heteroatoms. The number of halogens is 2. The van der Waals surface area contributed by atoms with E-state index in [9.17, 15) is 43.5 Å². The lowest BCUT2D eigenvalue weighted by molar-refractivity contribution is -0.148. The highest BCUT2D eigenvalue weighted by Crippen LogP contribution is 2.54. The second kappa shape index (κ2) is 37.8. The van der Waals surface area contributed by atoms with Crippen LogP contribution < -0.4 is 50.8 Å². The van der Waals surface area contributed by atoms with E-state index in [1.807, 2.05) is 75.3 Å². The topological polar surface area (TPSA) is 403 Å². The monoisotopic (exact) mass is 1800 g/mol. The van der Waals surface area contributed by atoms with Gasteiger partial charge in [-0.1, -0.05) is 76.9 Å². The quantitative estimate of drug-likeness (QED) is 0.0117. The van der Waals surface area contributed by atoms with Crippen molar-refractivity contribution in [2.75, 3.05) is 110 Å². The van der Waals surface area contributed by atoms with Gasteiger partial charge in [-0.05, 0) is 138 Å². The summed E-state index contributed by atoms with van der Waals surface area (Å²) in [6.07, 6.45) is 8.85. The van der Waals surface area contributed by atoms with E-state index < -0.39 is 112 Å². The van der Waals surface area contributed by atoms with E-state index in [0.717, 1.165) is 58.3 Å². The first-order chi connectivity index (χ1) is 60.6. The van der Waals surface area contributed by atoms with Crippen molar-refractivity contribution in [2.24, 2.45) is 46.3 Å². The van der Waals surface area contributed by atoms with Crippen molar-refractivity contribution in [1.82, 2.24) is 60.8 Å². The first-order valence-corrected chi connectivity index (χ1v) is 45.0. The summed E-state index contributed by atoms with van der Waals surface area (Å²) in [6.45, 7) is 34.4. The Morgan fingerprint density at radius 1 is 0.543 bits per heavy atom. The zero-order chi connectivity index (χ0) is 90.3. The minimum atomic E-state index is -1.55. The van der Waals surface area contributed by atoms with Crippen molar-refractivity contribution >= 4 is 105 Å². The molecule has 16 atom stereocenters. The Kier molecular flexibility index (Phi) is 27.2. The van der Waals surface area contributed by atoms with Gasteiger partial charge in [0.2, 0.25) is 23.6 Å². The SMILES string of the molecule is C=C[C@@H]1CC1(NC(=O)[C@@H]1C[C@@H](Oc2cc(-c3coc(NC(C)C)n3)nc3c(Cl)c(OCCN4CCOCC4)ccc23)CN1C(=O)[C@@H](NC(=O)OC1C[C@@H]2C[C@@H]2C1)C(C)(C)C)C(=O)O.C=C[C@@H]1CC1(NC(=O)[C@@H]1C[C@@H](Oc2cc(-c3coc(NC(C)C)n3)nc3c(Cl)c(OCCN4CCOCC4)ccc23)CN1C(=O)[C@@H](NC(=O)OC1C[C@@H]2C[C@@H]2C1)C(C)(C)C)C(=O)OC. The molecule has 10 aliphatic rings. The van der Waals surface area contributed by atoms with E-state index in [2.05, 4.69) is 64.8 Å². The van der Waals surface area contributed by atoms with Gasteiger partial charge in [-0.2, -0.15) is 9.97 Å². The molecule has 6 amide bonds. The molecular formula is C91H118Cl2N14O20. The van der Waals surface area contributed by atoms with Crippen LogP contribution in [0.3, 0.4) is 0 Å². The largest absolute Gasteiger partial charge is 0.491 e. The Labute approximate surface area is 748 Å². The van der Waals surface area contributed by atoms with Gasteiger partial charge in [-0.25, -0.2) is 29.1 Å². The molecule has 4 unspecified atom stereocenters. The third-order valence-electron chi connectivity index (χ3n) is 25.8. The summed E-state index contributed by atoms with van der Waals surface area (Å²) in [5, 5.41) is 29.4. The van der Waals surface area contributed by atoms with Gasteiger partial charge in [0.05, 0.1) is 69.0 Å². The second-order valence-corrected chi connectivity index (χ2v) is 38.8. The molecule has 0 bridgehead atoms. The number of carboxylic acids is 1. The third-order valence-corrected chi connectivity index (χ3v) is 26.5. The fourth-order valence-electron chi connectivity index (χ4n) is 18.4. The number of hydrogen-bond donors (Lipinski definition) is 7. The number of morpholine rings is 2. The maximum Gasteiger partial charge on any atom is 0.408 e. The number of carboxylic acid groups (broad SMARTS) is 1. The first-order valence-electron chi connectivity index (χ1n) is 44.3. The zero-order valence-corrected chi connectivity index (χ0v) is 75.4. The minimum Gasteiger partial charge on any atom is -0.491 e. The summed E-state index contributed by atoms with van der Waals surface area (Å²) in [6, 6.07) is 6.85. The fourth-order valence-corrected chi connectivity index (χ4v) is 18.9. The lowest BCUT2D eigenvalue weighted by Crippen LogP contribution is -2.59. The number of hydrogen-bond acceptors (Lipinski definition) is 27. The van der Waals surface area contributed by atoms with Crippen molar-refractivity contribution in [3.05, 3.63) is 84.3 Å². The summed E-state index contributed by atoms with van der Waals surface area (Å²) in [7, 11) is 1.26. The standard InChI is InChI=1S/C46H60ClN7O10.C45H58ClN7O10/c1-8-28-22-46(28,42(57)59-7)52-40(55)34-20-30(23-54(34)41(56)39(45(4,5)6)51-44(58)64-29-18-26-17-27(26)19-29)63-36-21-32(33-24-62-43(50-33)48-25(2)3)49-38-31(36)9-10-35(37(38)47)61-16-13-53-11-14-60-15-12-53;1-7-27-21-45(27,41(56)57)51-39(54)33-19-29(22-53(33)40(55)38(44(4,5)6)50-43(58)63-28-17-25-16-26(25)18-28)62-35-20-31(32-23-61-42(49-32)47-24(2)3)48-37-30(35)8-9-34(36(37)46)60-15-12-52-10-13-59-14-11-52/h8-10,21,24-30,34,39H,1,11-20,22-23H2,2-7H3,(H,48,50)(H,51,58)(H,52,55);7-9,20,23-29,33,38H,1,10-19,21-22H2,2-6H3,(H,47,49)(H,50,58)(H,51,54)(H,56,57)/t26-,27+,28-,29?,30-,34+,39-,46?;25-,26+,27-,28?,29-,33+,38-,45?/m11/s1. The van der Waals surface area contributed by atoms with Gasteiger partial charge < -0.3 is 98.3 Å². The number of carbonyl (C=O) groups is 8. The third kappa shape index (κ3) is 20.9. The van der Waals surface area contributed by atoms with E-state index in [0.29, 0.717) is 162 Å². The molecule has 4 saturated heterocycles. The number of nitrogens with zero attached hydrogens (tertiary/aromatic N) is 8. The lowest BCUT2D eigenvalue weighted by Gasteiger charge is -2.35. The number of esters is 1. The molecule has 6 aromatic rings. The number of alkyl carbamates (subject to hydrolysis) is 2. The average molecular weight is 1800 g/mol. The van der Waals surface area contributed by atoms with E-state index in [1.54, 1.807) is 36.4 Å². The summed E-state index contributed by atoms with van der Waals surface area (Å²) in [5.74, 6) is -0.929. The molecule has 6 aliphatic carbocycles. The van der Waals surface area contributed by atoms with Crippen molar-refractivity contribution in [3.8, 4) is 45.8 Å². The Balaban J connectivity index is 0.000000196. The molecule has 4 aromatic heterocycles. The van der Waals surface area contributed by atoms with Crippen LogP contribution in [0.1, 0.15) is 133 Å². The number of anilines is 2. The predicted molar refractivity (Wildman–Crippen MR) is 470 cm³/mol. The van der Waals surface area contributed by atoms with Crippen LogP contribution in [-0.2, 0) is 52.5 Å². The number of nitrogens with one attached hydrogen (secondary N) is 6. The summed E-state index contributed by atoms with van der Waals surface area (Å²) in [5.41, 5.74) is -2.10. The van der Waals surface area contributed by atoms with Gasteiger partial charge >= 0.3 is 24.1 Å². The molecule has 0 spiro atoms. The van der Waals surface area contributed by atoms with Gasteiger partial charge in [0.1, 0.15) is 130 Å². The highest BCUT2D eigenvalue weighted by Gasteiger charge is 2.64. The second-order valence-electron chi connectivity index (χ2n) is 38.0. The highest BCUT2D eigenvalue weighted by molar-refractivity contribution is 6.37. The van der Waals surface area contributed by atoms with Gasteiger partial charge in [-0.15, -0.1) is 13.2 Å². The predicted octanol–water partition coefficient (Wildman–Crippen LogP) is 11.1. The molecule has 6 saturated carbocycles. The van der Waals surface area contributed by atoms with E-state index >= 15 is 0 Å². The van der Waals surface area contributed by atoms with Crippen LogP contribution in [0.5, 0.6) is 23.0 Å². The van der Waals surface area contributed by atoms with Crippen LogP contribution in [0.2, 0.25) is 10.0 Å². The van der Waals surface area contributed by atoms with E-state index in [4.69, 9.17) is 84.6 Å². The highest BCUT2D eigenvalue weighted by atomic mass is 35.5. The van der Waals surface area contributed by atoms with E-state index in [-0.39, 0.29) is 72.6 Å². The average Bonchev–Trinajstić information content (AvgIpc) is 1.58. The van der Waals surface area contributed by atoms with Crippen molar-refractivity contribution in [2.45, 2.75) is 205 Å². The first kappa shape index (κ1) is 91.5. The maximum absolute atomic E-state index is 14.9. The Morgan fingerprint density at radius 3 is 1.30 bits per heavy atom. The number of rotatable bonds is 32. The number of benzene rings is 2. The molecule has 2 aromatic carbocycles. The molecule has 34 nitrogen and oxygen atoms in total. The normalized spacial score (nSPS) is 26.9. The number of methoxy groups -OCH3 is 1. The number of pyridine rings is 2. The van der Waals surface area contributed by atoms with Crippen LogP contribution in [0.25, 0.3) is 44.6 Å². The lowest BCUT2D eigenvalue weighted by atomic mass is 9.85. The van der Waals surface area contributed by atoms with Crippen LogP contribution >= 0.6 is 23.2 Å². The molecule has 127 heavy (non-hydrogen) atoms. The number of aliphatic carboxylic acids is 1. The molecule has 7 N–H and O–H groups in total. The number of fused-ring (bicyclic) bond motifs is 4. The van der Waals surface area contributed by atoms with Gasteiger partial charge in [0.25, 0.3) is 12.0 Å². The van der Waals surface area contributed by atoms with Crippen LogP contribution in [-0.4, -0.2) is 263 Å². The fraction of sp³-hybridized carbons (Fsp3) is 0.604. The van der Waals surface area contributed by atoms with E-state index in [1.165, 1.54) is 41.9 Å². The van der Waals surface area contributed by atoms with Gasteiger partial charge in [0.15, 0.2) is 0 Å². The number of likely N-dealkylation sites (tertiary alicyclic amines) is 2. The molecule has 686 valence electrons. The molecule has 4 aliphatic heterocycles. The summed E-state index contributed by atoms with van der Waals surface area (Å²) < 4.78 is 65.0. The van der Waals surface area contributed by atoms with Crippen molar-refractivity contribution in [1.29, 1.82) is 0 Å². The van der Waals surface area contributed by atoms with Crippen molar-refractivity contribution in [3.63, 3.8) is 0 Å². The number of aromatic nitrogens is 4. The summed E-state index contributed by atoms with van der Waals surface area (Å²) in [4.78, 5) is 137. The van der Waals surface area contributed by atoms with Crippen LogP contribution in [0, 0.1) is 46.3 Å². The number of ether oxygens (including phenoxy) is 9. The minimum absolute atomic E-state index is 0.000220. The van der Waals surface area contributed by atoms with Gasteiger partial charge in [-0.3, -0.25) is 29.0 Å². The molecule has 8 heterocycles. The smallest absolute Gasteiger partial charge is 0.408 e. The Hall–Kier alpha value is -10.3. The Morgan fingerprint density at radius 2 is 0.937 bits per heavy atom. The zero-order valence-electron chi connectivity index (χ0n) is 73.9. The molecule has 10 fully saturated rings.